The summed E-state index contributed by atoms with van der Waals surface area (Å²) >= 11 is 0. The van der Waals surface area contributed by atoms with Gasteiger partial charge in [0.1, 0.15) is 11.8 Å². The summed E-state index contributed by atoms with van der Waals surface area (Å²) in [6, 6.07) is -0.961. The fraction of sp³-hybridized carbons (Fsp3) is 0.615. The topological polar surface area (TPSA) is 92.4 Å². The van der Waals surface area contributed by atoms with E-state index in [9.17, 15) is 9.59 Å². The molecule has 0 spiro atoms. The Morgan fingerprint density at radius 1 is 1.37 bits per heavy atom. The molecule has 0 aromatic carbocycles. The molecule has 1 amide bonds. The molecular weight excluding hydrogens is 248 g/mol. The molecule has 1 rings (SSSR count). The Bertz CT molecular complexity index is 471. The largest absolute Gasteiger partial charge is 0.480 e. The molecule has 6 nitrogen and oxygen atoms in total. The number of rotatable bonds is 4. The molecule has 0 aliphatic heterocycles. The fourth-order valence-corrected chi connectivity index (χ4v) is 1.44. The van der Waals surface area contributed by atoms with Crippen molar-refractivity contribution in [1.82, 2.24) is 10.3 Å². The monoisotopic (exact) mass is 268 g/mol. The van der Waals surface area contributed by atoms with E-state index >= 15 is 0 Å². The number of amides is 1. The van der Waals surface area contributed by atoms with Gasteiger partial charge in [-0.2, -0.15) is 0 Å². The molecule has 1 heterocycles. The average Bonchev–Trinajstić information content (AvgIpc) is 2.73. The molecule has 6 heteroatoms. The van der Waals surface area contributed by atoms with Gasteiger partial charge in [0.05, 0.1) is 6.20 Å². The van der Waals surface area contributed by atoms with Crippen molar-refractivity contribution in [2.75, 3.05) is 0 Å². The highest BCUT2D eigenvalue weighted by Crippen LogP contribution is 2.22. The van der Waals surface area contributed by atoms with Crippen molar-refractivity contribution in [3.05, 3.63) is 17.8 Å². The first-order valence-electron chi connectivity index (χ1n) is 6.13. The maximum absolute atomic E-state index is 11.9. The summed E-state index contributed by atoms with van der Waals surface area (Å²) in [4.78, 5) is 26.8. The molecule has 0 saturated heterocycles. The van der Waals surface area contributed by atoms with E-state index in [4.69, 9.17) is 9.52 Å². The first-order chi connectivity index (χ1) is 8.62. The molecule has 0 bridgehead atoms. The third-order valence-electron chi connectivity index (χ3n) is 2.66. The van der Waals surface area contributed by atoms with Crippen LogP contribution in [0.15, 0.2) is 10.6 Å². The molecule has 19 heavy (non-hydrogen) atoms. The Kier molecular flexibility index (Phi) is 4.34. The van der Waals surface area contributed by atoms with Gasteiger partial charge in [0.25, 0.3) is 5.89 Å². The molecule has 2 N–H and O–H groups in total. The smallest absolute Gasteiger partial charge is 0.326 e. The van der Waals surface area contributed by atoms with E-state index in [1.165, 1.54) is 6.20 Å². The number of carboxylic acid groups (broad SMARTS) is 1. The van der Waals surface area contributed by atoms with Gasteiger partial charge in [-0.25, -0.2) is 9.78 Å². The number of hydrogen-bond donors (Lipinski definition) is 2. The highest BCUT2D eigenvalue weighted by atomic mass is 16.4. The molecule has 0 radical (unpaired) electrons. The van der Waals surface area contributed by atoms with Gasteiger partial charge in [0.2, 0.25) is 0 Å². The van der Waals surface area contributed by atoms with E-state index in [1.807, 2.05) is 20.8 Å². The van der Waals surface area contributed by atoms with Crippen molar-refractivity contribution in [3.8, 4) is 0 Å². The molecule has 0 aliphatic rings. The van der Waals surface area contributed by atoms with Gasteiger partial charge in [-0.05, 0) is 5.92 Å². The molecule has 1 aromatic heterocycles. The van der Waals surface area contributed by atoms with Crippen molar-refractivity contribution in [3.63, 3.8) is 0 Å². The molecule has 0 unspecified atom stereocenters. The maximum atomic E-state index is 11.9. The van der Waals surface area contributed by atoms with Crippen LogP contribution in [0.3, 0.4) is 0 Å². The number of oxazole rings is 1. The fourth-order valence-electron chi connectivity index (χ4n) is 1.44. The number of nitrogens with one attached hydrogen (secondary N) is 1. The van der Waals surface area contributed by atoms with Gasteiger partial charge in [0.15, 0.2) is 0 Å². The van der Waals surface area contributed by atoms with E-state index in [0.29, 0.717) is 5.76 Å². The van der Waals surface area contributed by atoms with Crippen LogP contribution in [0.2, 0.25) is 0 Å². The lowest BCUT2D eigenvalue weighted by molar-refractivity contribution is -0.140. The second-order valence-corrected chi connectivity index (χ2v) is 5.81. The summed E-state index contributed by atoms with van der Waals surface area (Å²) in [6.07, 6.45) is 1.49. The van der Waals surface area contributed by atoms with Gasteiger partial charge in [-0.3, -0.25) is 4.79 Å². The highest BCUT2D eigenvalue weighted by molar-refractivity contribution is 5.92. The van der Waals surface area contributed by atoms with E-state index < -0.39 is 17.9 Å². The van der Waals surface area contributed by atoms with Crippen LogP contribution in [0, 0.1) is 5.92 Å². The maximum Gasteiger partial charge on any atom is 0.326 e. The highest BCUT2D eigenvalue weighted by Gasteiger charge is 2.27. The third-order valence-corrected chi connectivity index (χ3v) is 2.66. The van der Waals surface area contributed by atoms with E-state index in [-0.39, 0.29) is 17.2 Å². The summed E-state index contributed by atoms with van der Waals surface area (Å²) in [5.74, 6) is -1.45. The minimum atomic E-state index is -1.08. The lowest BCUT2D eigenvalue weighted by Crippen LogP contribution is -2.44. The van der Waals surface area contributed by atoms with Gasteiger partial charge >= 0.3 is 11.9 Å². The summed E-state index contributed by atoms with van der Waals surface area (Å²) in [5, 5.41) is 11.4. The minimum Gasteiger partial charge on any atom is -0.480 e. The molecule has 0 saturated carbocycles. The first-order valence-corrected chi connectivity index (χ1v) is 6.13. The van der Waals surface area contributed by atoms with Crippen LogP contribution < -0.4 is 5.32 Å². The lowest BCUT2D eigenvalue weighted by atomic mass is 9.94. The number of carboxylic acids is 1. The Balaban J connectivity index is 2.84. The van der Waals surface area contributed by atoms with E-state index in [1.54, 1.807) is 13.8 Å². The predicted octanol–water partition coefficient (Wildman–Crippen LogP) is 1.81. The summed E-state index contributed by atoms with van der Waals surface area (Å²) in [6.45, 7) is 9.24. The standard InChI is InChI=1S/C13H20N2O4/c1-7(2)9(12(17)18)15-10(16)11-14-6-8(19-11)13(3,4)5/h6-7,9H,1-5H3,(H,15,16)(H,17,18)/t9-/m0/s1. The molecule has 106 valence electrons. The zero-order valence-electron chi connectivity index (χ0n) is 11.9. The molecule has 0 aliphatic carbocycles. The Hall–Kier alpha value is -1.85. The Morgan fingerprint density at radius 3 is 2.32 bits per heavy atom. The molecule has 0 fully saturated rings. The third kappa shape index (κ3) is 3.81. The summed E-state index contributed by atoms with van der Waals surface area (Å²) in [7, 11) is 0. The van der Waals surface area contributed by atoms with E-state index in [0.717, 1.165) is 0 Å². The summed E-state index contributed by atoms with van der Waals surface area (Å²) in [5.41, 5.74) is -0.254. The van der Waals surface area contributed by atoms with Crippen LogP contribution in [-0.2, 0) is 10.2 Å². The summed E-state index contributed by atoms with van der Waals surface area (Å²) < 4.78 is 5.35. The average molecular weight is 268 g/mol. The number of nitrogens with zero attached hydrogens (tertiary/aromatic N) is 1. The van der Waals surface area contributed by atoms with Crippen LogP contribution in [0.5, 0.6) is 0 Å². The molecule has 1 atom stereocenters. The molecular formula is C13H20N2O4. The lowest BCUT2D eigenvalue weighted by Gasteiger charge is -2.17. The number of aliphatic carboxylic acids is 1. The zero-order chi connectivity index (χ0) is 14.8. The van der Waals surface area contributed by atoms with Crippen molar-refractivity contribution in [2.24, 2.45) is 5.92 Å². The van der Waals surface area contributed by atoms with Crippen LogP contribution in [-0.4, -0.2) is 28.0 Å². The Labute approximate surface area is 112 Å². The SMILES string of the molecule is CC(C)[C@H](NC(=O)c1ncc(C(C)(C)C)o1)C(=O)O. The van der Waals surface area contributed by atoms with Crippen molar-refractivity contribution >= 4 is 11.9 Å². The quantitative estimate of drug-likeness (QED) is 0.868. The van der Waals surface area contributed by atoms with Crippen molar-refractivity contribution in [1.29, 1.82) is 0 Å². The Morgan fingerprint density at radius 2 is 1.95 bits per heavy atom. The van der Waals surface area contributed by atoms with Crippen LogP contribution in [0.1, 0.15) is 51.1 Å². The second-order valence-electron chi connectivity index (χ2n) is 5.81. The van der Waals surface area contributed by atoms with Crippen molar-refractivity contribution < 1.29 is 19.1 Å². The number of hydrogen-bond acceptors (Lipinski definition) is 4. The normalized spacial score (nSPS) is 13.4. The van der Waals surface area contributed by atoms with Gasteiger partial charge < -0.3 is 14.8 Å². The predicted molar refractivity (Wildman–Crippen MR) is 68.9 cm³/mol. The number of carbonyl (C=O) groups is 2. The minimum absolute atomic E-state index is 0.114. The van der Waals surface area contributed by atoms with Crippen LogP contribution >= 0.6 is 0 Å². The van der Waals surface area contributed by atoms with Crippen molar-refractivity contribution in [2.45, 2.75) is 46.1 Å². The number of carbonyl (C=O) groups excluding carboxylic acids is 1. The van der Waals surface area contributed by atoms with Gasteiger partial charge in [0, 0.05) is 5.41 Å². The van der Waals surface area contributed by atoms with Crippen LogP contribution in [0.4, 0.5) is 0 Å². The number of aromatic nitrogens is 1. The first kappa shape index (κ1) is 15.2. The van der Waals surface area contributed by atoms with Gasteiger partial charge in [-0.15, -0.1) is 0 Å². The zero-order valence-corrected chi connectivity index (χ0v) is 11.9. The van der Waals surface area contributed by atoms with Crippen LogP contribution in [0.25, 0.3) is 0 Å². The van der Waals surface area contributed by atoms with Gasteiger partial charge in [-0.1, -0.05) is 34.6 Å². The molecule has 1 aromatic rings. The second kappa shape index (κ2) is 5.42. The van der Waals surface area contributed by atoms with E-state index in [2.05, 4.69) is 10.3 Å².